The minimum absolute atomic E-state index is 0.0753. The minimum Gasteiger partial charge on any atom is -0.465 e. The molecule has 2 aromatic carbocycles. The standard InChI is InChI=1S/C21H21FN2O5S2/c1-2-29-20(26)14-24-17-11-10-15(22)13-18(17)30-21(24)23-19(25)9-6-12-31(27,28)16-7-4-3-5-8-16/h3-5,7-8,10-11,13H,2,6,9,12,14H2,1H3. The highest BCUT2D eigenvalue weighted by atomic mass is 32.2. The third kappa shape index (κ3) is 5.86. The van der Waals surface area contributed by atoms with Crippen molar-refractivity contribution in [3.05, 3.63) is 59.1 Å². The number of benzene rings is 2. The van der Waals surface area contributed by atoms with Gasteiger partial charge in [-0.05, 0) is 43.7 Å². The van der Waals surface area contributed by atoms with E-state index in [1.165, 1.54) is 34.9 Å². The monoisotopic (exact) mass is 464 g/mol. The molecule has 1 heterocycles. The molecule has 1 aromatic heterocycles. The molecular weight excluding hydrogens is 443 g/mol. The number of sulfone groups is 1. The van der Waals surface area contributed by atoms with Gasteiger partial charge in [0.05, 0.1) is 27.5 Å². The van der Waals surface area contributed by atoms with Crippen molar-refractivity contribution < 1.29 is 27.1 Å². The summed E-state index contributed by atoms with van der Waals surface area (Å²) in [5.74, 6) is -1.65. The van der Waals surface area contributed by atoms with E-state index in [1.807, 2.05) is 0 Å². The van der Waals surface area contributed by atoms with E-state index in [-0.39, 0.29) is 41.4 Å². The molecule has 0 aliphatic carbocycles. The van der Waals surface area contributed by atoms with Crippen LogP contribution in [0.4, 0.5) is 4.39 Å². The number of esters is 1. The predicted octanol–water partition coefficient (Wildman–Crippen LogP) is 3.09. The molecule has 3 rings (SSSR count). The van der Waals surface area contributed by atoms with Gasteiger partial charge in [-0.25, -0.2) is 12.8 Å². The Balaban J connectivity index is 1.79. The number of halogens is 1. The summed E-state index contributed by atoms with van der Waals surface area (Å²) in [6, 6.07) is 12.1. The number of rotatable bonds is 8. The number of amides is 1. The van der Waals surface area contributed by atoms with Crippen molar-refractivity contribution in [2.45, 2.75) is 31.2 Å². The van der Waals surface area contributed by atoms with Crippen LogP contribution in [0.25, 0.3) is 10.2 Å². The van der Waals surface area contributed by atoms with Gasteiger partial charge in [0.2, 0.25) is 5.91 Å². The first kappa shape index (κ1) is 22.8. The Morgan fingerprint density at radius 1 is 1.16 bits per heavy atom. The van der Waals surface area contributed by atoms with Crippen LogP contribution in [0.5, 0.6) is 0 Å². The Kier molecular flexibility index (Phi) is 7.34. The number of carbonyl (C=O) groups is 2. The minimum atomic E-state index is -3.48. The first-order valence-corrected chi connectivity index (χ1v) is 12.1. The lowest BCUT2D eigenvalue weighted by Gasteiger charge is -2.05. The summed E-state index contributed by atoms with van der Waals surface area (Å²) >= 11 is 1.07. The van der Waals surface area contributed by atoms with Crippen LogP contribution in [0.15, 0.2) is 58.4 Å². The zero-order chi connectivity index (χ0) is 22.4. The molecule has 0 saturated heterocycles. The molecule has 0 spiro atoms. The van der Waals surface area contributed by atoms with E-state index >= 15 is 0 Å². The maximum absolute atomic E-state index is 13.6. The van der Waals surface area contributed by atoms with Gasteiger partial charge in [0.15, 0.2) is 14.6 Å². The van der Waals surface area contributed by atoms with E-state index in [1.54, 1.807) is 25.1 Å². The van der Waals surface area contributed by atoms with Gasteiger partial charge < -0.3 is 9.30 Å². The summed E-state index contributed by atoms with van der Waals surface area (Å²) in [6.07, 6.45) is 0.0328. The van der Waals surface area contributed by atoms with Crippen LogP contribution in [0, 0.1) is 5.82 Å². The third-order valence-electron chi connectivity index (χ3n) is 4.36. The molecule has 0 fully saturated rings. The van der Waals surface area contributed by atoms with Gasteiger partial charge >= 0.3 is 5.97 Å². The fourth-order valence-corrected chi connectivity index (χ4v) is 5.35. The maximum atomic E-state index is 13.6. The Hall–Kier alpha value is -2.85. The Morgan fingerprint density at radius 2 is 1.90 bits per heavy atom. The third-order valence-corrected chi connectivity index (χ3v) is 7.22. The molecule has 0 unspecified atom stereocenters. The van der Waals surface area contributed by atoms with Crippen LogP contribution < -0.4 is 4.80 Å². The smallest absolute Gasteiger partial charge is 0.326 e. The second kappa shape index (κ2) is 9.97. The first-order valence-electron chi connectivity index (χ1n) is 9.60. The zero-order valence-electron chi connectivity index (χ0n) is 16.8. The molecule has 3 aromatic rings. The quantitative estimate of drug-likeness (QED) is 0.478. The van der Waals surface area contributed by atoms with Crippen molar-refractivity contribution >= 4 is 43.3 Å². The fraction of sp³-hybridized carbons (Fsp3) is 0.286. The number of hydrogen-bond acceptors (Lipinski definition) is 6. The molecule has 0 aliphatic rings. The first-order chi connectivity index (χ1) is 14.8. The topological polar surface area (TPSA) is 94.8 Å². The summed E-state index contributed by atoms with van der Waals surface area (Å²) in [5, 5.41) is 0. The maximum Gasteiger partial charge on any atom is 0.326 e. The number of fused-ring (bicyclic) bond motifs is 1. The Morgan fingerprint density at radius 3 is 2.61 bits per heavy atom. The van der Waals surface area contributed by atoms with E-state index in [4.69, 9.17) is 4.74 Å². The van der Waals surface area contributed by atoms with Crippen molar-refractivity contribution in [3.63, 3.8) is 0 Å². The molecular formula is C21H21FN2O5S2. The van der Waals surface area contributed by atoms with Crippen LogP contribution in [0.2, 0.25) is 0 Å². The van der Waals surface area contributed by atoms with Crippen LogP contribution in [-0.4, -0.2) is 37.2 Å². The normalized spacial score (nSPS) is 12.3. The Bertz CT molecular complexity index is 1260. The van der Waals surface area contributed by atoms with Crippen molar-refractivity contribution in [2.24, 2.45) is 4.99 Å². The fourth-order valence-electron chi connectivity index (χ4n) is 2.94. The highest BCUT2D eigenvalue weighted by molar-refractivity contribution is 7.91. The van der Waals surface area contributed by atoms with Crippen molar-refractivity contribution in [2.75, 3.05) is 12.4 Å². The zero-order valence-corrected chi connectivity index (χ0v) is 18.4. The van der Waals surface area contributed by atoms with Crippen molar-refractivity contribution in [3.8, 4) is 0 Å². The molecule has 0 aliphatic heterocycles. The highest BCUT2D eigenvalue weighted by Gasteiger charge is 2.16. The molecule has 0 saturated carbocycles. The molecule has 0 N–H and O–H groups in total. The molecule has 7 nitrogen and oxygen atoms in total. The molecule has 0 atom stereocenters. The van der Waals surface area contributed by atoms with E-state index < -0.39 is 27.5 Å². The van der Waals surface area contributed by atoms with Crippen molar-refractivity contribution in [1.82, 2.24) is 4.57 Å². The SMILES string of the molecule is CCOC(=O)Cn1c(=NC(=O)CCCS(=O)(=O)c2ccccc2)sc2cc(F)ccc21. The lowest BCUT2D eigenvalue weighted by Crippen LogP contribution is -2.23. The summed E-state index contributed by atoms with van der Waals surface area (Å²) in [6.45, 7) is 1.72. The second-order valence-corrected chi connectivity index (χ2v) is 9.75. The summed E-state index contributed by atoms with van der Waals surface area (Å²) in [5.41, 5.74) is 0.553. The summed E-state index contributed by atoms with van der Waals surface area (Å²) in [4.78, 5) is 28.8. The van der Waals surface area contributed by atoms with Gasteiger partial charge in [0.25, 0.3) is 0 Å². The van der Waals surface area contributed by atoms with Crippen LogP contribution in [0.3, 0.4) is 0 Å². The van der Waals surface area contributed by atoms with Gasteiger partial charge in [-0.2, -0.15) is 4.99 Å². The number of thiazole rings is 1. The van der Waals surface area contributed by atoms with Crippen LogP contribution >= 0.6 is 11.3 Å². The lowest BCUT2D eigenvalue weighted by atomic mass is 10.3. The van der Waals surface area contributed by atoms with E-state index in [0.717, 1.165) is 11.3 Å². The van der Waals surface area contributed by atoms with Gasteiger partial charge in [-0.3, -0.25) is 9.59 Å². The number of hydrogen-bond donors (Lipinski definition) is 0. The number of aromatic nitrogens is 1. The van der Waals surface area contributed by atoms with Gasteiger partial charge in [-0.1, -0.05) is 29.5 Å². The average Bonchev–Trinajstić information content (AvgIpc) is 3.04. The van der Waals surface area contributed by atoms with E-state index in [2.05, 4.69) is 4.99 Å². The lowest BCUT2D eigenvalue weighted by molar-refractivity contribution is -0.143. The summed E-state index contributed by atoms with van der Waals surface area (Å²) in [7, 11) is -3.48. The van der Waals surface area contributed by atoms with Crippen molar-refractivity contribution in [1.29, 1.82) is 0 Å². The van der Waals surface area contributed by atoms with Crippen LogP contribution in [-0.2, 0) is 30.7 Å². The summed E-state index contributed by atoms with van der Waals surface area (Å²) < 4.78 is 45.2. The van der Waals surface area contributed by atoms with Gasteiger partial charge in [0, 0.05) is 6.42 Å². The molecule has 10 heteroatoms. The largest absolute Gasteiger partial charge is 0.465 e. The van der Waals surface area contributed by atoms with E-state index in [9.17, 15) is 22.4 Å². The molecule has 31 heavy (non-hydrogen) atoms. The predicted molar refractivity (Wildman–Crippen MR) is 115 cm³/mol. The molecule has 0 radical (unpaired) electrons. The number of ether oxygens (including phenoxy) is 1. The number of nitrogens with zero attached hydrogens (tertiary/aromatic N) is 2. The van der Waals surface area contributed by atoms with Gasteiger partial charge in [0.1, 0.15) is 12.4 Å². The highest BCUT2D eigenvalue weighted by Crippen LogP contribution is 2.19. The average molecular weight is 465 g/mol. The molecule has 1 amide bonds. The van der Waals surface area contributed by atoms with Crippen LogP contribution in [0.1, 0.15) is 19.8 Å². The second-order valence-electron chi connectivity index (χ2n) is 6.63. The molecule has 0 bridgehead atoms. The van der Waals surface area contributed by atoms with E-state index in [0.29, 0.717) is 10.2 Å². The number of carbonyl (C=O) groups excluding carboxylic acids is 2. The Labute approximate surface area is 182 Å². The van der Waals surface area contributed by atoms with Gasteiger partial charge in [-0.15, -0.1) is 0 Å². The molecule has 164 valence electrons.